The lowest BCUT2D eigenvalue weighted by molar-refractivity contribution is 0.556. The lowest BCUT2D eigenvalue weighted by Crippen LogP contribution is -2.28. The molecule has 3 aromatic rings. The summed E-state index contributed by atoms with van der Waals surface area (Å²) in [6, 6.07) is 5.15. The number of aromatic nitrogens is 5. The van der Waals surface area contributed by atoms with Gasteiger partial charge in [-0.25, -0.2) is 18.4 Å². The second-order valence-corrected chi connectivity index (χ2v) is 9.76. The van der Waals surface area contributed by atoms with Crippen LogP contribution < -0.4 is 10.6 Å². The number of rotatable bonds is 6. The second-order valence-electron chi connectivity index (χ2n) is 7.11. The number of sulfone groups is 1. The van der Waals surface area contributed by atoms with Crippen LogP contribution in [0.25, 0.3) is 5.78 Å². The highest BCUT2D eigenvalue weighted by atomic mass is 32.2. The molecule has 0 fully saturated rings. The third kappa shape index (κ3) is 4.00. The van der Waals surface area contributed by atoms with E-state index < -0.39 is 14.6 Å². The van der Waals surface area contributed by atoms with Gasteiger partial charge in [-0.15, -0.1) is 0 Å². The zero-order valence-corrected chi connectivity index (χ0v) is 16.6. The van der Waals surface area contributed by atoms with Crippen LogP contribution in [0.4, 0.5) is 11.5 Å². The molecule has 27 heavy (non-hydrogen) atoms. The van der Waals surface area contributed by atoms with E-state index in [0.717, 1.165) is 17.2 Å². The molecule has 144 valence electrons. The Kier molecular flexibility index (Phi) is 5.01. The molecule has 0 radical (unpaired) electrons. The van der Waals surface area contributed by atoms with Gasteiger partial charge >= 0.3 is 0 Å². The maximum absolute atomic E-state index is 12.4. The van der Waals surface area contributed by atoms with E-state index in [-0.39, 0.29) is 5.03 Å². The Morgan fingerprint density at radius 2 is 1.85 bits per heavy atom. The van der Waals surface area contributed by atoms with E-state index in [0.29, 0.717) is 18.9 Å². The van der Waals surface area contributed by atoms with Crippen molar-refractivity contribution in [1.82, 2.24) is 24.6 Å². The first-order valence-electron chi connectivity index (χ1n) is 8.54. The summed E-state index contributed by atoms with van der Waals surface area (Å²) >= 11 is 0. The highest BCUT2D eigenvalue weighted by Crippen LogP contribution is 2.23. The normalized spacial score (nSPS) is 12.3. The number of hydrogen-bond donors (Lipinski definition) is 2. The minimum Gasteiger partial charge on any atom is -0.382 e. The fourth-order valence-corrected chi connectivity index (χ4v) is 3.48. The van der Waals surface area contributed by atoms with Crippen molar-refractivity contribution in [1.29, 1.82) is 0 Å². The molecule has 0 unspecified atom stereocenters. The lowest BCUT2D eigenvalue weighted by atomic mass is 10.3. The number of pyridine rings is 1. The van der Waals surface area contributed by atoms with Crippen molar-refractivity contribution in [2.75, 3.05) is 23.7 Å². The second kappa shape index (κ2) is 7.10. The third-order valence-corrected chi connectivity index (χ3v) is 6.36. The van der Waals surface area contributed by atoms with Crippen molar-refractivity contribution in [2.24, 2.45) is 0 Å². The van der Waals surface area contributed by atoms with Crippen LogP contribution in [-0.2, 0) is 9.84 Å². The number of aryl methyl sites for hydroxylation is 1. The number of nitrogens with one attached hydrogen (secondary N) is 2. The molecular formula is C17H23N7O2S. The molecule has 10 heteroatoms. The van der Waals surface area contributed by atoms with Gasteiger partial charge in [0.2, 0.25) is 0 Å². The van der Waals surface area contributed by atoms with E-state index in [4.69, 9.17) is 0 Å². The summed E-state index contributed by atoms with van der Waals surface area (Å²) in [5.41, 5.74) is 1.60. The van der Waals surface area contributed by atoms with E-state index in [9.17, 15) is 8.42 Å². The molecule has 0 spiro atoms. The molecular weight excluding hydrogens is 366 g/mol. The Hall–Kier alpha value is -2.75. The molecule has 9 nitrogen and oxygen atoms in total. The van der Waals surface area contributed by atoms with E-state index in [1.165, 1.54) is 18.6 Å². The Bertz CT molecular complexity index is 1040. The molecule has 3 rings (SSSR count). The first kappa shape index (κ1) is 19.0. The molecule has 3 heterocycles. The third-order valence-electron chi connectivity index (χ3n) is 3.96. The first-order valence-corrected chi connectivity index (χ1v) is 10.0. The van der Waals surface area contributed by atoms with Gasteiger partial charge in [0, 0.05) is 24.8 Å². The van der Waals surface area contributed by atoms with Crippen molar-refractivity contribution >= 4 is 27.1 Å². The van der Waals surface area contributed by atoms with Crippen LogP contribution in [-0.4, -0.2) is 50.8 Å². The molecule has 0 aliphatic carbocycles. The molecule has 0 aliphatic heterocycles. The average Bonchev–Trinajstić information content (AvgIpc) is 3.06. The largest absolute Gasteiger partial charge is 0.382 e. The summed E-state index contributed by atoms with van der Waals surface area (Å²) in [4.78, 5) is 12.5. The maximum atomic E-state index is 12.4. The predicted octanol–water partition coefficient (Wildman–Crippen LogP) is 1.92. The molecule has 3 aromatic heterocycles. The van der Waals surface area contributed by atoms with E-state index >= 15 is 0 Å². The molecule has 0 amide bonds. The summed E-state index contributed by atoms with van der Waals surface area (Å²) in [5.74, 6) is 1.35. The topological polar surface area (TPSA) is 114 Å². The SMILES string of the molecule is Cc1cc(NCCNc2ccc(S(=O)(=O)C(C)(C)C)nc2)n2ncnc2n1. The number of fused-ring (bicyclic) bond motifs is 1. The van der Waals surface area contributed by atoms with Crippen LogP contribution in [0, 0.1) is 6.92 Å². The Labute approximate surface area is 158 Å². The molecule has 0 bridgehead atoms. The van der Waals surface area contributed by atoms with Crippen LogP contribution in [0.15, 0.2) is 35.7 Å². The van der Waals surface area contributed by atoms with Gasteiger partial charge in [-0.2, -0.15) is 14.6 Å². The van der Waals surface area contributed by atoms with E-state index in [1.54, 1.807) is 31.4 Å². The zero-order chi connectivity index (χ0) is 19.7. The molecule has 2 N–H and O–H groups in total. The van der Waals surface area contributed by atoms with E-state index in [2.05, 4.69) is 30.7 Å². The van der Waals surface area contributed by atoms with Crippen LogP contribution in [0.3, 0.4) is 0 Å². The van der Waals surface area contributed by atoms with Crippen molar-refractivity contribution in [3.63, 3.8) is 0 Å². The minimum atomic E-state index is -3.45. The first-order chi connectivity index (χ1) is 12.7. The quantitative estimate of drug-likeness (QED) is 0.615. The summed E-state index contributed by atoms with van der Waals surface area (Å²) in [5, 5.41) is 10.7. The maximum Gasteiger partial charge on any atom is 0.254 e. The molecule has 0 atom stereocenters. The van der Waals surface area contributed by atoms with Crippen LogP contribution in [0.2, 0.25) is 0 Å². The van der Waals surface area contributed by atoms with Gasteiger partial charge in [-0.3, -0.25) is 0 Å². The van der Waals surface area contributed by atoms with Gasteiger partial charge in [0.25, 0.3) is 5.78 Å². The standard InChI is InChI=1S/C17H23N7O2S/c1-12-9-14(24-16(23-12)21-11-22-24)19-8-7-18-13-5-6-15(20-10-13)27(25,26)17(2,3)4/h5-6,9-11,18-19H,7-8H2,1-4H3. The van der Waals surface area contributed by atoms with Crippen LogP contribution >= 0.6 is 0 Å². The number of anilines is 2. The van der Waals surface area contributed by atoms with Crippen molar-refractivity contribution in [2.45, 2.75) is 37.5 Å². The monoisotopic (exact) mass is 389 g/mol. The summed E-state index contributed by atoms with van der Waals surface area (Å²) < 4.78 is 25.5. The summed E-state index contributed by atoms with van der Waals surface area (Å²) in [7, 11) is -3.45. The summed E-state index contributed by atoms with van der Waals surface area (Å²) in [6.45, 7) is 8.13. The van der Waals surface area contributed by atoms with Crippen LogP contribution in [0.1, 0.15) is 26.5 Å². The molecule has 0 saturated carbocycles. The Balaban J connectivity index is 1.59. The van der Waals surface area contributed by atoms with Gasteiger partial charge in [-0.05, 0) is 39.8 Å². The van der Waals surface area contributed by atoms with E-state index in [1.807, 2.05) is 13.0 Å². The number of hydrogen-bond acceptors (Lipinski definition) is 8. The molecule has 0 saturated heterocycles. The highest BCUT2D eigenvalue weighted by molar-refractivity contribution is 7.92. The fourth-order valence-electron chi connectivity index (χ4n) is 2.41. The van der Waals surface area contributed by atoms with Gasteiger partial charge in [0.1, 0.15) is 12.1 Å². The number of nitrogens with zero attached hydrogens (tertiary/aromatic N) is 5. The highest BCUT2D eigenvalue weighted by Gasteiger charge is 2.31. The van der Waals surface area contributed by atoms with Gasteiger partial charge in [0.05, 0.1) is 16.6 Å². The average molecular weight is 389 g/mol. The van der Waals surface area contributed by atoms with Gasteiger partial charge in [0.15, 0.2) is 14.9 Å². The zero-order valence-electron chi connectivity index (χ0n) is 15.8. The van der Waals surface area contributed by atoms with Crippen molar-refractivity contribution < 1.29 is 8.42 Å². The Morgan fingerprint density at radius 1 is 1.11 bits per heavy atom. The smallest absolute Gasteiger partial charge is 0.254 e. The van der Waals surface area contributed by atoms with Gasteiger partial charge in [-0.1, -0.05) is 0 Å². The van der Waals surface area contributed by atoms with Gasteiger partial charge < -0.3 is 10.6 Å². The molecule has 0 aliphatic rings. The minimum absolute atomic E-state index is 0.0829. The predicted molar refractivity (Wildman–Crippen MR) is 104 cm³/mol. The fraction of sp³-hybridized carbons (Fsp3) is 0.412. The van der Waals surface area contributed by atoms with Crippen molar-refractivity contribution in [3.8, 4) is 0 Å². The van der Waals surface area contributed by atoms with Crippen LogP contribution in [0.5, 0.6) is 0 Å². The Morgan fingerprint density at radius 3 is 2.52 bits per heavy atom. The molecule has 0 aromatic carbocycles. The summed E-state index contributed by atoms with van der Waals surface area (Å²) in [6.07, 6.45) is 2.99. The van der Waals surface area contributed by atoms with Crippen molar-refractivity contribution in [3.05, 3.63) is 36.4 Å². The lowest BCUT2D eigenvalue weighted by Gasteiger charge is -2.18.